The lowest BCUT2D eigenvalue weighted by molar-refractivity contribution is 0.00804. The minimum atomic E-state index is -0.127. The van der Waals surface area contributed by atoms with Gasteiger partial charge in [0.05, 0.1) is 6.10 Å². The molecule has 2 heteroatoms. The molecule has 0 amide bonds. The van der Waals surface area contributed by atoms with E-state index >= 15 is 0 Å². The Balaban J connectivity index is 1.79. The van der Waals surface area contributed by atoms with Crippen molar-refractivity contribution in [1.29, 1.82) is 0 Å². The minimum Gasteiger partial charge on any atom is -0.393 e. The molecule has 15 heavy (non-hydrogen) atoms. The van der Waals surface area contributed by atoms with Gasteiger partial charge < -0.3 is 9.84 Å². The van der Waals surface area contributed by atoms with Gasteiger partial charge in [0.1, 0.15) is 0 Å². The minimum absolute atomic E-state index is 0.127. The van der Waals surface area contributed by atoms with Gasteiger partial charge in [-0.25, -0.2) is 0 Å². The molecule has 1 unspecified atom stereocenters. The van der Waals surface area contributed by atoms with Gasteiger partial charge in [0, 0.05) is 13.2 Å². The number of aliphatic hydroxyl groups excluding tert-OH is 1. The Hall–Kier alpha value is -0.340. The SMILES string of the molecule is OC(CC1=CCCCC1)C1CCOCC1. The number of ether oxygens (including phenoxy) is 1. The second kappa shape index (κ2) is 5.66. The van der Waals surface area contributed by atoms with E-state index in [0.717, 1.165) is 32.5 Å². The molecule has 1 saturated heterocycles. The third-order valence-electron chi connectivity index (χ3n) is 3.67. The van der Waals surface area contributed by atoms with Crippen LogP contribution in [0.2, 0.25) is 0 Å². The van der Waals surface area contributed by atoms with Crippen LogP contribution >= 0.6 is 0 Å². The molecule has 1 aliphatic carbocycles. The maximum Gasteiger partial charge on any atom is 0.0607 e. The Labute approximate surface area is 92.3 Å². The molecule has 2 aliphatic rings. The number of hydrogen-bond donors (Lipinski definition) is 1. The zero-order chi connectivity index (χ0) is 10.5. The molecular formula is C13H22O2. The smallest absolute Gasteiger partial charge is 0.0607 e. The van der Waals surface area contributed by atoms with Gasteiger partial charge in [-0.15, -0.1) is 0 Å². The third kappa shape index (κ3) is 3.32. The van der Waals surface area contributed by atoms with Gasteiger partial charge in [0.25, 0.3) is 0 Å². The average molecular weight is 210 g/mol. The maximum atomic E-state index is 10.1. The van der Waals surface area contributed by atoms with E-state index in [9.17, 15) is 5.11 Å². The summed E-state index contributed by atoms with van der Waals surface area (Å²) in [5, 5.41) is 10.1. The lowest BCUT2D eigenvalue weighted by Crippen LogP contribution is -2.27. The molecular weight excluding hydrogens is 188 g/mol. The van der Waals surface area contributed by atoms with E-state index in [1.54, 1.807) is 0 Å². The lowest BCUT2D eigenvalue weighted by atomic mass is 9.87. The highest BCUT2D eigenvalue weighted by molar-refractivity contribution is 5.06. The second-order valence-corrected chi connectivity index (χ2v) is 4.83. The Morgan fingerprint density at radius 1 is 1.33 bits per heavy atom. The van der Waals surface area contributed by atoms with Crippen LogP contribution in [0.25, 0.3) is 0 Å². The van der Waals surface area contributed by atoms with Crippen molar-refractivity contribution < 1.29 is 9.84 Å². The standard InChI is InChI=1S/C13H22O2/c14-13(12-6-8-15-9-7-12)10-11-4-2-1-3-5-11/h4,12-14H,1-3,5-10H2. The molecule has 0 radical (unpaired) electrons. The normalized spacial score (nSPS) is 26.1. The van der Waals surface area contributed by atoms with Gasteiger partial charge in [0.2, 0.25) is 0 Å². The van der Waals surface area contributed by atoms with Crippen molar-refractivity contribution in [2.45, 2.75) is 51.0 Å². The van der Waals surface area contributed by atoms with Crippen LogP contribution in [-0.2, 0) is 4.74 Å². The van der Waals surface area contributed by atoms with E-state index in [0.29, 0.717) is 5.92 Å². The summed E-state index contributed by atoms with van der Waals surface area (Å²) < 4.78 is 5.31. The maximum absolute atomic E-state index is 10.1. The Morgan fingerprint density at radius 2 is 2.13 bits per heavy atom. The molecule has 1 atom stereocenters. The second-order valence-electron chi connectivity index (χ2n) is 4.83. The molecule has 0 spiro atoms. The molecule has 0 aromatic heterocycles. The molecule has 2 rings (SSSR count). The van der Waals surface area contributed by atoms with Crippen molar-refractivity contribution in [3.63, 3.8) is 0 Å². The summed E-state index contributed by atoms with van der Waals surface area (Å²) in [6.07, 6.45) is 10.3. The van der Waals surface area contributed by atoms with Gasteiger partial charge >= 0.3 is 0 Å². The topological polar surface area (TPSA) is 29.5 Å². The fourth-order valence-electron chi connectivity index (χ4n) is 2.63. The number of aliphatic hydroxyl groups is 1. The fourth-order valence-corrected chi connectivity index (χ4v) is 2.63. The van der Waals surface area contributed by atoms with E-state index in [1.807, 2.05) is 0 Å². The quantitative estimate of drug-likeness (QED) is 0.726. The van der Waals surface area contributed by atoms with E-state index in [-0.39, 0.29) is 6.10 Å². The molecule has 1 N–H and O–H groups in total. The highest BCUT2D eigenvalue weighted by Crippen LogP contribution is 2.27. The van der Waals surface area contributed by atoms with Crippen LogP contribution in [0.3, 0.4) is 0 Å². The lowest BCUT2D eigenvalue weighted by Gasteiger charge is -2.28. The fraction of sp³-hybridized carbons (Fsp3) is 0.846. The van der Waals surface area contributed by atoms with E-state index in [1.165, 1.54) is 31.3 Å². The summed E-state index contributed by atoms with van der Waals surface area (Å²) >= 11 is 0. The Kier molecular flexibility index (Phi) is 4.21. The molecule has 1 fully saturated rings. The third-order valence-corrected chi connectivity index (χ3v) is 3.67. The molecule has 1 heterocycles. The highest BCUT2D eigenvalue weighted by atomic mass is 16.5. The summed E-state index contributed by atoms with van der Waals surface area (Å²) in [5.41, 5.74) is 1.49. The van der Waals surface area contributed by atoms with Crippen LogP contribution in [0.4, 0.5) is 0 Å². The highest BCUT2D eigenvalue weighted by Gasteiger charge is 2.23. The van der Waals surface area contributed by atoms with Gasteiger partial charge in [-0.3, -0.25) is 0 Å². The first-order valence-corrected chi connectivity index (χ1v) is 6.30. The van der Waals surface area contributed by atoms with Crippen molar-refractivity contribution in [3.8, 4) is 0 Å². The molecule has 1 aliphatic heterocycles. The van der Waals surface area contributed by atoms with Crippen LogP contribution in [0.1, 0.15) is 44.9 Å². The molecule has 86 valence electrons. The first kappa shape index (κ1) is 11.2. The Bertz CT molecular complexity index is 217. The zero-order valence-corrected chi connectivity index (χ0v) is 9.45. The van der Waals surface area contributed by atoms with Crippen molar-refractivity contribution in [2.24, 2.45) is 5.92 Å². The molecule has 0 bridgehead atoms. The van der Waals surface area contributed by atoms with Crippen LogP contribution < -0.4 is 0 Å². The van der Waals surface area contributed by atoms with Crippen LogP contribution in [0, 0.1) is 5.92 Å². The van der Waals surface area contributed by atoms with Gasteiger partial charge in [-0.05, 0) is 50.9 Å². The molecule has 0 saturated carbocycles. The summed E-state index contributed by atoms with van der Waals surface area (Å²) in [7, 11) is 0. The van der Waals surface area contributed by atoms with Crippen molar-refractivity contribution >= 4 is 0 Å². The first-order chi connectivity index (χ1) is 7.36. The van der Waals surface area contributed by atoms with Crippen LogP contribution in [0.5, 0.6) is 0 Å². The zero-order valence-electron chi connectivity index (χ0n) is 9.45. The van der Waals surface area contributed by atoms with Crippen LogP contribution in [-0.4, -0.2) is 24.4 Å². The van der Waals surface area contributed by atoms with Gasteiger partial charge in [-0.1, -0.05) is 11.6 Å². The first-order valence-electron chi connectivity index (χ1n) is 6.30. The van der Waals surface area contributed by atoms with Crippen LogP contribution in [0.15, 0.2) is 11.6 Å². The van der Waals surface area contributed by atoms with Crippen molar-refractivity contribution in [2.75, 3.05) is 13.2 Å². The van der Waals surface area contributed by atoms with Gasteiger partial charge in [0.15, 0.2) is 0 Å². The monoisotopic (exact) mass is 210 g/mol. The average Bonchev–Trinajstić information content (AvgIpc) is 2.31. The van der Waals surface area contributed by atoms with E-state index in [2.05, 4.69) is 6.08 Å². The largest absolute Gasteiger partial charge is 0.393 e. The summed E-state index contributed by atoms with van der Waals surface area (Å²) in [5.74, 6) is 0.474. The summed E-state index contributed by atoms with van der Waals surface area (Å²) in [6.45, 7) is 1.67. The molecule has 0 aromatic carbocycles. The van der Waals surface area contributed by atoms with Gasteiger partial charge in [-0.2, -0.15) is 0 Å². The summed E-state index contributed by atoms with van der Waals surface area (Å²) in [6, 6.07) is 0. The van der Waals surface area contributed by atoms with E-state index < -0.39 is 0 Å². The number of hydrogen-bond acceptors (Lipinski definition) is 2. The number of rotatable bonds is 3. The van der Waals surface area contributed by atoms with Crippen molar-refractivity contribution in [1.82, 2.24) is 0 Å². The molecule has 2 nitrogen and oxygen atoms in total. The Morgan fingerprint density at radius 3 is 2.80 bits per heavy atom. The summed E-state index contributed by atoms with van der Waals surface area (Å²) in [4.78, 5) is 0. The van der Waals surface area contributed by atoms with E-state index in [4.69, 9.17) is 4.74 Å². The predicted octanol–water partition coefficient (Wildman–Crippen LogP) is 2.66. The van der Waals surface area contributed by atoms with Crippen molar-refractivity contribution in [3.05, 3.63) is 11.6 Å². The molecule has 0 aromatic rings. The predicted molar refractivity (Wildman–Crippen MR) is 60.7 cm³/mol. The number of allylic oxidation sites excluding steroid dienone is 1.